The number of halogens is 4. The molecule has 1 unspecified atom stereocenters. The Kier molecular flexibility index (Phi) is 6.22. The highest BCUT2D eigenvalue weighted by atomic mass is 79.9. The summed E-state index contributed by atoms with van der Waals surface area (Å²) in [5, 5.41) is 3.17. The quantitative estimate of drug-likeness (QED) is 0.513. The monoisotopic (exact) mass is 390 g/mol. The first-order chi connectivity index (χ1) is 9.58. The van der Waals surface area contributed by atoms with Crippen LogP contribution in [0.15, 0.2) is 42.5 Å². The fourth-order valence-corrected chi connectivity index (χ4v) is 3.25. The molecule has 20 heavy (non-hydrogen) atoms. The Hall–Kier alpha value is -0.210. The average Bonchev–Trinajstić information content (AvgIpc) is 2.42. The second-order valence-corrected chi connectivity index (χ2v) is 6.72. The van der Waals surface area contributed by atoms with Gasteiger partial charge in [0.15, 0.2) is 0 Å². The first-order valence-electron chi connectivity index (χ1n) is 6.33. The Morgan fingerprint density at radius 2 is 1.65 bits per heavy atom. The van der Waals surface area contributed by atoms with Crippen molar-refractivity contribution in [3.63, 3.8) is 0 Å². The SMILES string of the molecule is Clc1cccc(CC(CBr)Cc2cc(Cl)ccc2Cl)c1. The van der Waals surface area contributed by atoms with Crippen molar-refractivity contribution in [1.82, 2.24) is 0 Å². The molecule has 0 saturated carbocycles. The molecule has 2 aromatic carbocycles. The Balaban J connectivity index is 2.11. The molecule has 4 heteroatoms. The van der Waals surface area contributed by atoms with Crippen LogP contribution in [-0.4, -0.2) is 5.33 Å². The maximum absolute atomic E-state index is 6.23. The molecular formula is C16H14BrCl3. The van der Waals surface area contributed by atoms with Gasteiger partial charge in [0.05, 0.1) is 0 Å². The lowest BCUT2D eigenvalue weighted by Crippen LogP contribution is -2.10. The van der Waals surface area contributed by atoms with Crippen LogP contribution in [0, 0.1) is 5.92 Å². The van der Waals surface area contributed by atoms with E-state index in [0.717, 1.165) is 38.8 Å². The van der Waals surface area contributed by atoms with Gasteiger partial charge in [0, 0.05) is 20.4 Å². The van der Waals surface area contributed by atoms with Gasteiger partial charge in [-0.05, 0) is 60.2 Å². The Bertz CT molecular complexity index is 584. The molecule has 0 nitrogen and oxygen atoms in total. The molecule has 0 aliphatic heterocycles. The summed E-state index contributed by atoms with van der Waals surface area (Å²) in [7, 11) is 0. The second-order valence-electron chi connectivity index (χ2n) is 4.79. The summed E-state index contributed by atoms with van der Waals surface area (Å²) in [5.41, 5.74) is 2.32. The zero-order chi connectivity index (χ0) is 14.5. The van der Waals surface area contributed by atoms with Gasteiger partial charge in [-0.1, -0.05) is 62.9 Å². The van der Waals surface area contributed by atoms with Crippen molar-refractivity contribution < 1.29 is 0 Å². The van der Waals surface area contributed by atoms with Crippen LogP contribution in [-0.2, 0) is 12.8 Å². The number of hydrogen-bond acceptors (Lipinski definition) is 0. The third-order valence-electron chi connectivity index (χ3n) is 3.15. The van der Waals surface area contributed by atoms with Gasteiger partial charge in [0.25, 0.3) is 0 Å². The summed E-state index contributed by atoms with van der Waals surface area (Å²) in [6.45, 7) is 0. The number of benzene rings is 2. The topological polar surface area (TPSA) is 0 Å². The van der Waals surface area contributed by atoms with Crippen LogP contribution in [0.5, 0.6) is 0 Å². The van der Waals surface area contributed by atoms with Gasteiger partial charge in [-0.25, -0.2) is 0 Å². The minimum Gasteiger partial charge on any atom is -0.0925 e. The van der Waals surface area contributed by atoms with Crippen molar-refractivity contribution in [1.29, 1.82) is 0 Å². The van der Waals surface area contributed by atoms with Gasteiger partial charge in [-0.2, -0.15) is 0 Å². The molecule has 0 fully saturated rings. The molecule has 0 aromatic heterocycles. The fraction of sp³-hybridized carbons (Fsp3) is 0.250. The van der Waals surface area contributed by atoms with Crippen LogP contribution >= 0.6 is 50.7 Å². The van der Waals surface area contributed by atoms with Gasteiger partial charge in [0.2, 0.25) is 0 Å². The summed E-state index contributed by atoms with van der Waals surface area (Å²) < 4.78 is 0. The molecule has 2 aromatic rings. The van der Waals surface area contributed by atoms with Crippen molar-refractivity contribution in [2.45, 2.75) is 12.8 Å². The van der Waals surface area contributed by atoms with Crippen molar-refractivity contribution in [3.05, 3.63) is 68.7 Å². The minimum absolute atomic E-state index is 0.449. The standard InChI is InChI=1S/C16H14BrCl3/c17-10-12(6-11-2-1-3-14(18)8-11)7-13-9-15(19)4-5-16(13)20/h1-5,8-9,12H,6-7,10H2. The van der Waals surface area contributed by atoms with Crippen LogP contribution < -0.4 is 0 Å². The highest BCUT2D eigenvalue weighted by Gasteiger charge is 2.12. The van der Waals surface area contributed by atoms with E-state index in [2.05, 4.69) is 22.0 Å². The molecule has 0 amide bonds. The van der Waals surface area contributed by atoms with Gasteiger partial charge in [0.1, 0.15) is 0 Å². The first kappa shape index (κ1) is 16.2. The van der Waals surface area contributed by atoms with E-state index in [1.165, 1.54) is 5.56 Å². The zero-order valence-electron chi connectivity index (χ0n) is 10.8. The Morgan fingerprint density at radius 3 is 2.35 bits per heavy atom. The normalized spacial score (nSPS) is 12.4. The number of alkyl halides is 1. The van der Waals surface area contributed by atoms with E-state index in [1.807, 2.05) is 36.4 Å². The van der Waals surface area contributed by atoms with Crippen molar-refractivity contribution in [2.24, 2.45) is 5.92 Å². The molecular weight excluding hydrogens is 378 g/mol. The van der Waals surface area contributed by atoms with Crippen molar-refractivity contribution in [2.75, 3.05) is 5.33 Å². The number of hydrogen-bond donors (Lipinski definition) is 0. The summed E-state index contributed by atoms with van der Waals surface area (Å²) in [6, 6.07) is 13.6. The van der Waals surface area contributed by atoms with E-state index < -0.39 is 0 Å². The highest BCUT2D eigenvalue weighted by Crippen LogP contribution is 2.26. The van der Waals surface area contributed by atoms with E-state index in [9.17, 15) is 0 Å². The van der Waals surface area contributed by atoms with Gasteiger partial charge < -0.3 is 0 Å². The summed E-state index contributed by atoms with van der Waals surface area (Å²) >= 11 is 21.9. The molecule has 0 N–H and O–H groups in total. The van der Waals surface area contributed by atoms with E-state index in [-0.39, 0.29) is 0 Å². The molecule has 2 rings (SSSR count). The van der Waals surface area contributed by atoms with Gasteiger partial charge in [-0.15, -0.1) is 0 Å². The largest absolute Gasteiger partial charge is 0.0925 e. The molecule has 0 saturated heterocycles. The molecule has 106 valence electrons. The lowest BCUT2D eigenvalue weighted by molar-refractivity contribution is 0.591. The zero-order valence-corrected chi connectivity index (χ0v) is 14.6. The third kappa shape index (κ3) is 4.66. The number of rotatable bonds is 5. The third-order valence-corrected chi connectivity index (χ3v) is 4.90. The molecule has 0 heterocycles. The van der Waals surface area contributed by atoms with Gasteiger partial charge >= 0.3 is 0 Å². The van der Waals surface area contributed by atoms with Crippen LogP contribution in [0.2, 0.25) is 15.1 Å². The first-order valence-corrected chi connectivity index (χ1v) is 8.58. The molecule has 1 atom stereocenters. The minimum atomic E-state index is 0.449. The van der Waals surface area contributed by atoms with Crippen LogP contribution in [0.4, 0.5) is 0 Å². The Labute approximate surface area is 143 Å². The predicted molar refractivity (Wildman–Crippen MR) is 92.6 cm³/mol. The lowest BCUT2D eigenvalue weighted by atomic mass is 9.94. The smallest absolute Gasteiger partial charge is 0.0439 e. The van der Waals surface area contributed by atoms with E-state index in [0.29, 0.717) is 5.92 Å². The molecule has 0 spiro atoms. The average molecular weight is 393 g/mol. The van der Waals surface area contributed by atoms with Crippen LogP contribution in [0.25, 0.3) is 0 Å². The van der Waals surface area contributed by atoms with Crippen LogP contribution in [0.3, 0.4) is 0 Å². The van der Waals surface area contributed by atoms with Crippen molar-refractivity contribution in [3.8, 4) is 0 Å². The summed E-state index contributed by atoms with van der Waals surface area (Å²) in [4.78, 5) is 0. The molecule has 0 aliphatic carbocycles. The highest BCUT2D eigenvalue weighted by molar-refractivity contribution is 9.09. The molecule has 0 radical (unpaired) electrons. The maximum Gasteiger partial charge on any atom is 0.0439 e. The summed E-state index contributed by atoms with van der Waals surface area (Å²) in [6.07, 6.45) is 1.84. The van der Waals surface area contributed by atoms with E-state index in [4.69, 9.17) is 34.8 Å². The second kappa shape index (κ2) is 7.70. The fourth-order valence-electron chi connectivity index (χ4n) is 2.19. The molecule has 0 aliphatic rings. The Morgan fingerprint density at radius 1 is 0.900 bits per heavy atom. The maximum atomic E-state index is 6.23. The molecule has 0 bridgehead atoms. The van der Waals surface area contributed by atoms with Crippen molar-refractivity contribution >= 4 is 50.7 Å². The predicted octanol–water partition coefficient (Wildman–Crippen LogP) is 6.44. The van der Waals surface area contributed by atoms with E-state index >= 15 is 0 Å². The van der Waals surface area contributed by atoms with Gasteiger partial charge in [-0.3, -0.25) is 0 Å². The lowest BCUT2D eigenvalue weighted by Gasteiger charge is -2.15. The summed E-state index contributed by atoms with van der Waals surface area (Å²) in [5.74, 6) is 0.449. The van der Waals surface area contributed by atoms with E-state index in [1.54, 1.807) is 0 Å². The van der Waals surface area contributed by atoms with Crippen LogP contribution in [0.1, 0.15) is 11.1 Å².